The third-order valence-corrected chi connectivity index (χ3v) is 1.53. The molecule has 0 aliphatic carbocycles. The minimum Gasteiger partial charge on any atom is -0.482 e. The van der Waals surface area contributed by atoms with E-state index in [1.54, 1.807) is 18.2 Å². The van der Waals surface area contributed by atoms with Crippen LogP contribution in [-0.4, -0.2) is 40.8 Å². The van der Waals surface area contributed by atoms with Gasteiger partial charge in [0.25, 0.3) is 0 Å². The van der Waals surface area contributed by atoms with Crippen LogP contribution in [0.25, 0.3) is 0 Å². The van der Waals surface area contributed by atoms with Gasteiger partial charge in [-0.05, 0) is 12.1 Å². The van der Waals surface area contributed by atoms with Crippen LogP contribution in [0.5, 0.6) is 11.5 Å². The molecule has 0 radical (unpaired) electrons. The summed E-state index contributed by atoms with van der Waals surface area (Å²) in [5, 5.41) is 16.8. The maximum absolute atomic E-state index is 10.2. The average Bonchev–Trinajstić information content (AvgIpc) is 2.24. The van der Waals surface area contributed by atoms with E-state index in [-0.39, 0.29) is 5.48 Å². The molecule has 0 bridgehead atoms. The number of ether oxygens (including phenoxy) is 2. The number of aliphatic carboxylic acids is 2. The Labute approximate surface area is 96.5 Å². The SMILES string of the molecule is O.O=C(O)COc1cccc(OCC(=O)O)c1. The first-order valence-electron chi connectivity index (χ1n) is 4.37. The monoisotopic (exact) mass is 244 g/mol. The van der Waals surface area contributed by atoms with Crippen molar-refractivity contribution in [3.8, 4) is 11.5 Å². The van der Waals surface area contributed by atoms with Crippen LogP contribution in [0.4, 0.5) is 0 Å². The molecule has 0 aliphatic heterocycles. The van der Waals surface area contributed by atoms with Crippen molar-refractivity contribution in [1.82, 2.24) is 0 Å². The molecule has 0 amide bonds. The van der Waals surface area contributed by atoms with Gasteiger partial charge in [-0.25, -0.2) is 9.59 Å². The van der Waals surface area contributed by atoms with Crippen molar-refractivity contribution in [1.29, 1.82) is 0 Å². The van der Waals surface area contributed by atoms with Crippen LogP contribution in [-0.2, 0) is 9.59 Å². The van der Waals surface area contributed by atoms with Crippen LogP contribution in [0.3, 0.4) is 0 Å². The van der Waals surface area contributed by atoms with Crippen molar-refractivity contribution in [2.75, 3.05) is 13.2 Å². The fourth-order valence-electron chi connectivity index (χ4n) is 0.944. The third kappa shape index (κ3) is 6.00. The van der Waals surface area contributed by atoms with E-state index in [1.165, 1.54) is 6.07 Å². The van der Waals surface area contributed by atoms with Crippen molar-refractivity contribution < 1.29 is 34.8 Å². The highest BCUT2D eigenvalue weighted by atomic mass is 16.5. The Morgan fingerprint density at radius 3 is 1.76 bits per heavy atom. The zero-order chi connectivity index (χ0) is 12.0. The van der Waals surface area contributed by atoms with Gasteiger partial charge in [-0.1, -0.05) is 6.07 Å². The minimum atomic E-state index is -1.09. The van der Waals surface area contributed by atoms with E-state index in [4.69, 9.17) is 19.7 Å². The molecule has 0 saturated carbocycles. The zero-order valence-corrected chi connectivity index (χ0v) is 8.75. The molecule has 1 aromatic carbocycles. The Morgan fingerprint density at radius 2 is 1.41 bits per heavy atom. The van der Waals surface area contributed by atoms with Crippen molar-refractivity contribution >= 4 is 11.9 Å². The third-order valence-electron chi connectivity index (χ3n) is 1.53. The summed E-state index contributed by atoms with van der Waals surface area (Å²) in [6.07, 6.45) is 0. The molecule has 0 saturated heterocycles. The summed E-state index contributed by atoms with van der Waals surface area (Å²) in [6, 6.07) is 6.10. The van der Waals surface area contributed by atoms with Gasteiger partial charge in [-0.2, -0.15) is 0 Å². The highest BCUT2D eigenvalue weighted by Crippen LogP contribution is 2.19. The van der Waals surface area contributed by atoms with Crippen molar-refractivity contribution in [2.24, 2.45) is 0 Å². The minimum absolute atomic E-state index is 0. The summed E-state index contributed by atoms with van der Waals surface area (Å²) < 4.78 is 9.78. The first-order valence-corrected chi connectivity index (χ1v) is 4.37. The van der Waals surface area contributed by atoms with Crippen LogP contribution in [0.2, 0.25) is 0 Å². The van der Waals surface area contributed by atoms with Crippen molar-refractivity contribution in [3.05, 3.63) is 24.3 Å². The van der Waals surface area contributed by atoms with Gasteiger partial charge in [-0.3, -0.25) is 0 Å². The van der Waals surface area contributed by atoms with Crippen LogP contribution >= 0.6 is 0 Å². The van der Waals surface area contributed by atoms with E-state index in [1.807, 2.05) is 0 Å². The number of hydrogen-bond acceptors (Lipinski definition) is 4. The molecular weight excluding hydrogens is 232 g/mol. The van der Waals surface area contributed by atoms with E-state index in [2.05, 4.69) is 0 Å². The lowest BCUT2D eigenvalue weighted by molar-refractivity contribution is -0.140. The fourth-order valence-corrected chi connectivity index (χ4v) is 0.944. The number of rotatable bonds is 6. The van der Waals surface area contributed by atoms with Crippen LogP contribution in [0, 0.1) is 0 Å². The fraction of sp³-hybridized carbons (Fsp3) is 0.200. The molecule has 0 aromatic heterocycles. The molecule has 17 heavy (non-hydrogen) atoms. The maximum Gasteiger partial charge on any atom is 0.341 e. The Morgan fingerprint density at radius 1 is 1.00 bits per heavy atom. The molecule has 94 valence electrons. The molecule has 7 nitrogen and oxygen atoms in total. The maximum atomic E-state index is 10.2. The Kier molecular flexibility index (Phi) is 6.12. The normalized spacial score (nSPS) is 8.94. The van der Waals surface area contributed by atoms with Gasteiger partial charge in [0.2, 0.25) is 0 Å². The molecule has 1 rings (SSSR count). The summed E-state index contributed by atoms with van der Waals surface area (Å²) in [5.41, 5.74) is 0. The van der Waals surface area contributed by atoms with Crippen molar-refractivity contribution in [2.45, 2.75) is 0 Å². The molecule has 4 N–H and O–H groups in total. The first-order chi connectivity index (χ1) is 7.58. The standard InChI is InChI=1S/C10H10O6.H2O/c11-9(12)5-15-7-2-1-3-8(4-7)16-6-10(13)14;/h1-4H,5-6H2,(H,11,12)(H,13,14);1H2. The number of carboxylic acids is 2. The summed E-state index contributed by atoms with van der Waals surface area (Å²) in [7, 11) is 0. The van der Waals surface area contributed by atoms with E-state index in [9.17, 15) is 9.59 Å². The van der Waals surface area contributed by atoms with Crippen LogP contribution in [0.15, 0.2) is 24.3 Å². The van der Waals surface area contributed by atoms with Crippen LogP contribution in [0.1, 0.15) is 0 Å². The van der Waals surface area contributed by atoms with Gasteiger partial charge in [0.15, 0.2) is 13.2 Å². The second-order valence-corrected chi connectivity index (χ2v) is 2.84. The number of carboxylic acid groups (broad SMARTS) is 2. The largest absolute Gasteiger partial charge is 0.482 e. The quantitative estimate of drug-likeness (QED) is 0.713. The molecule has 0 fully saturated rings. The smallest absolute Gasteiger partial charge is 0.341 e. The molecule has 0 unspecified atom stereocenters. The Bertz CT molecular complexity index is 355. The number of hydrogen-bond donors (Lipinski definition) is 2. The van der Waals surface area contributed by atoms with E-state index in [0.717, 1.165) is 0 Å². The molecular formula is C10H12O7. The van der Waals surface area contributed by atoms with Gasteiger partial charge in [0.1, 0.15) is 11.5 Å². The van der Waals surface area contributed by atoms with Gasteiger partial charge < -0.3 is 25.2 Å². The summed E-state index contributed by atoms with van der Waals surface area (Å²) in [4.78, 5) is 20.5. The van der Waals surface area contributed by atoms with Crippen LogP contribution < -0.4 is 9.47 Å². The van der Waals surface area contributed by atoms with E-state index in [0.29, 0.717) is 11.5 Å². The first kappa shape index (κ1) is 14.7. The molecule has 0 atom stereocenters. The lowest BCUT2D eigenvalue weighted by atomic mass is 10.3. The zero-order valence-electron chi connectivity index (χ0n) is 8.75. The Balaban J connectivity index is 0.00000256. The second-order valence-electron chi connectivity index (χ2n) is 2.84. The van der Waals surface area contributed by atoms with Gasteiger partial charge in [-0.15, -0.1) is 0 Å². The summed E-state index contributed by atoms with van der Waals surface area (Å²) in [6.45, 7) is -0.912. The van der Waals surface area contributed by atoms with Gasteiger partial charge in [0.05, 0.1) is 0 Å². The number of carbonyl (C=O) groups is 2. The summed E-state index contributed by atoms with van der Waals surface area (Å²) >= 11 is 0. The number of benzene rings is 1. The lowest BCUT2D eigenvalue weighted by Gasteiger charge is -2.06. The van der Waals surface area contributed by atoms with Crippen molar-refractivity contribution in [3.63, 3.8) is 0 Å². The molecule has 0 aliphatic rings. The highest BCUT2D eigenvalue weighted by molar-refractivity contribution is 5.69. The van der Waals surface area contributed by atoms with E-state index < -0.39 is 25.2 Å². The molecule has 1 aromatic rings. The molecule has 0 heterocycles. The second kappa shape index (κ2) is 7.07. The van der Waals surface area contributed by atoms with E-state index >= 15 is 0 Å². The van der Waals surface area contributed by atoms with Gasteiger partial charge >= 0.3 is 11.9 Å². The molecule has 0 spiro atoms. The summed E-state index contributed by atoms with van der Waals surface area (Å²) in [5.74, 6) is -1.55. The molecule has 7 heteroatoms. The average molecular weight is 244 g/mol. The van der Waals surface area contributed by atoms with Gasteiger partial charge in [0, 0.05) is 6.07 Å². The lowest BCUT2D eigenvalue weighted by Crippen LogP contribution is -2.10. The highest BCUT2D eigenvalue weighted by Gasteiger charge is 2.02. The topological polar surface area (TPSA) is 125 Å². The predicted octanol–water partition coefficient (Wildman–Crippen LogP) is -0.211. The Hall–Kier alpha value is -2.28. The predicted molar refractivity (Wildman–Crippen MR) is 56.3 cm³/mol.